The van der Waals surface area contributed by atoms with Gasteiger partial charge in [-0.05, 0) is 45.5 Å². The van der Waals surface area contributed by atoms with Crippen LogP contribution in [-0.4, -0.2) is 38.1 Å². The van der Waals surface area contributed by atoms with Gasteiger partial charge in [0.2, 0.25) is 0 Å². The van der Waals surface area contributed by atoms with Crippen molar-refractivity contribution in [1.82, 2.24) is 4.90 Å². The Kier molecular flexibility index (Phi) is 3.77. The minimum atomic E-state index is -0.445. The van der Waals surface area contributed by atoms with Crippen LogP contribution in [0.2, 0.25) is 0 Å². The molecule has 0 spiro atoms. The lowest BCUT2D eigenvalue weighted by Crippen LogP contribution is -2.56. The predicted molar refractivity (Wildman–Crippen MR) is 74.7 cm³/mol. The number of hydrogen-bond acceptors (Lipinski definition) is 3. The SMILES string of the molecule is CN(CC1(N(C)C)CCC1)c1cccc(F)c1C#N. The molecule has 1 saturated carbocycles. The molecule has 0 heterocycles. The molecule has 3 nitrogen and oxygen atoms in total. The van der Waals surface area contributed by atoms with Gasteiger partial charge in [-0.1, -0.05) is 6.07 Å². The Hall–Kier alpha value is -1.60. The number of likely N-dealkylation sites (N-methyl/N-ethyl adjacent to an activating group) is 2. The second kappa shape index (κ2) is 5.18. The van der Waals surface area contributed by atoms with Crippen molar-refractivity contribution in [3.05, 3.63) is 29.6 Å². The van der Waals surface area contributed by atoms with Gasteiger partial charge in [-0.15, -0.1) is 0 Å². The monoisotopic (exact) mass is 261 g/mol. The van der Waals surface area contributed by atoms with Crippen LogP contribution >= 0.6 is 0 Å². The third kappa shape index (κ3) is 2.43. The molecule has 0 bridgehead atoms. The number of hydrogen-bond donors (Lipinski definition) is 0. The first-order valence-corrected chi connectivity index (χ1v) is 6.57. The van der Waals surface area contributed by atoms with E-state index < -0.39 is 5.82 Å². The van der Waals surface area contributed by atoms with E-state index in [0.717, 1.165) is 19.4 Å². The van der Waals surface area contributed by atoms with Gasteiger partial charge in [0.1, 0.15) is 17.4 Å². The number of nitrogens with zero attached hydrogens (tertiary/aromatic N) is 3. The Labute approximate surface area is 114 Å². The third-order valence-corrected chi connectivity index (χ3v) is 4.28. The molecule has 1 fully saturated rings. The number of rotatable bonds is 4. The topological polar surface area (TPSA) is 30.3 Å². The van der Waals surface area contributed by atoms with Crippen LogP contribution in [0.1, 0.15) is 24.8 Å². The van der Waals surface area contributed by atoms with E-state index in [4.69, 9.17) is 5.26 Å². The minimum Gasteiger partial charge on any atom is -0.372 e. The second-order valence-corrected chi connectivity index (χ2v) is 5.57. The fourth-order valence-corrected chi connectivity index (χ4v) is 2.80. The lowest BCUT2D eigenvalue weighted by atomic mass is 9.75. The van der Waals surface area contributed by atoms with Crippen LogP contribution < -0.4 is 4.90 Å². The fraction of sp³-hybridized carbons (Fsp3) is 0.533. The van der Waals surface area contributed by atoms with E-state index in [1.807, 2.05) is 24.1 Å². The Morgan fingerprint density at radius 1 is 1.32 bits per heavy atom. The van der Waals surface area contributed by atoms with Gasteiger partial charge in [-0.3, -0.25) is 0 Å². The standard InChI is InChI=1S/C15H20FN3/c1-18(2)15(8-5-9-15)11-19(3)14-7-4-6-13(16)12(14)10-17/h4,6-7H,5,8-9,11H2,1-3H3. The minimum absolute atomic E-state index is 0.137. The molecule has 2 rings (SSSR count). The third-order valence-electron chi connectivity index (χ3n) is 4.28. The van der Waals surface area contributed by atoms with Crippen LogP contribution in [0.25, 0.3) is 0 Å². The molecule has 1 aliphatic carbocycles. The van der Waals surface area contributed by atoms with Crippen molar-refractivity contribution >= 4 is 5.69 Å². The normalized spacial score (nSPS) is 16.8. The van der Waals surface area contributed by atoms with Gasteiger partial charge in [0.15, 0.2) is 0 Å². The van der Waals surface area contributed by atoms with Gasteiger partial charge in [0.25, 0.3) is 0 Å². The molecule has 102 valence electrons. The van der Waals surface area contributed by atoms with Crippen molar-refractivity contribution in [1.29, 1.82) is 5.26 Å². The molecule has 1 aromatic rings. The van der Waals surface area contributed by atoms with E-state index >= 15 is 0 Å². The van der Waals surface area contributed by atoms with Gasteiger partial charge in [-0.25, -0.2) is 4.39 Å². The lowest BCUT2D eigenvalue weighted by Gasteiger charge is -2.49. The van der Waals surface area contributed by atoms with Gasteiger partial charge in [-0.2, -0.15) is 5.26 Å². The summed E-state index contributed by atoms with van der Waals surface area (Å²) in [5.74, 6) is -0.445. The Bertz CT molecular complexity index is 501. The second-order valence-electron chi connectivity index (χ2n) is 5.57. The zero-order chi connectivity index (χ0) is 14.0. The maximum Gasteiger partial charge on any atom is 0.143 e. The summed E-state index contributed by atoms with van der Waals surface area (Å²) >= 11 is 0. The Morgan fingerprint density at radius 3 is 2.47 bits per heavy atom. The highest BCUT2D eigenvalue weighted by Crippen LogP contribution is 2.37. The molecule has 0 N–H and O–H groups in total. The highest BCUT2D eigenvalue weighted by atomic mass is 19.1. The quantitative estimate of drug-likeness (QED) is 0.834. The first-order chi connectivity index (χ1) is 9.00. The molecule has 0 aromatic heterocycles. The summed E-state index contributed by atoms with van der Waals surface area (Å²) in [7, 11) is 6.10. The summed E-state index contributed by atoms with van der Waals surface area (Å²) < 4.78 is 13.6. The largest absolute Gasteiger partial charge is 0.372 e. The van der Waals surface area contributed by atoms with E-state index in [0.29, 0.717) is 5.69 Å². The highest BCUT2D eigenvalue weighted by molar-refractivity contribution is 5.59. The Balaban J connectivity index is 2.24. The summed E-state index contributed by atoms with van der Waals surface area (Å²) in [6, 6.07) is 6.77. The van der Waals surface area contributed by atoms with E-state index in [1.54, 1.807) is 6.07 Å². The van der Waals surface area contributed by atoms with Crippen LogP contribution in [0.4, 0.5) is 10.1 Å². The van der Waals surface area contributed by atoms with E-state index in [2.05, 4.69) is 19.0 Å². The van der Waals surface area contributed by atoms with Gasteiger partial charge in [0, 0.05) is 19.1 Å². The van der Waals surface area contributed by atoms with Crippen molar-refractivity contribution in [2.75, 3.05) is 32.6 Å². The maximum atomic E-state index is 13.6. The van der Waals surface area contributed by atoms with Crippen LogP contribution in [0.15, 0.2) is 18.2 Å². The highest BCUT2D eigenvalue weighted by Gasteiger charge is 2.40. The molecular weight excluding hydrogens is 241 g/mol. The summed E-state index contributed by atoms with van der Waals surface area (Å²) in [6.45, 7) is 0.818. The van der Waals surface area contributed by atoms with E-state index in [-0.39, 0.29) is 11.1 Å². The summed E-state index contributed by atoms with van der Waals surface area (Å²) in [4.78, 5) is 4.25. The van der Waals surface area contributed by atoms with Crippen molar-refractivity contribution in [2.24, 2.45) is 0 Å². The molecule has 1 aliphatic rings. The molecule has 0 radical (unpaired) electrons. The first kappa shape index (κ1) is 13.8. The van der Waals surface area contributed by atoms with Crippen LogP contribution in [0.5, 0.6) is 0 Å². The smallest absolute Gasteiger partial charge is 0.143 e. The number of benzene rings is 1. The average Bonchev–Trinajstić information content (AvgIpc) is 2.32. The van der Waals surface area contributed by atoms with Crippen LogP contribution in [0, 0.1) is 17.1 Å². The van der Waals surface area contributed by atoms with Gasteiger partial charge < -0.3 is 9.80 Å². The van der Waals surface area contributed by atoms with Crippen molar-refractivity contribution in [2.45, 2.75) is 24.8 Å². The molecule has 4 heteroatoms. The first-order valence-electron chi connectivity index (χ1n) is 6.57. The predicted octanol–water partition coefficient (Wildman–Crippen LogP) is 2.62. The van der Waals surface area contributed by atoms with E-state index in [9.17, 15) is 4.39 Å². The summed E-state index contributed by atoms with van der Waals surface area (Å²) in [5.41, 5.74) is 0.974. The van der Waals surface area contributed by atoms with Gasteiger partial charge in [0.05, 0.1) is 5.69 Å². The molecule has 0 aliphatic heterocycles. The zero-order valence-corrected chi connectivity index (χ0v) is 11.8. The van der Waals surface area contributed by atoms with Crippen molar-refractivity contribution in [3.8, 4) is 6.07 Å². The molecule has 0 amide bonds. The molecule has 1 aromatic carbocycles. The average molecular weight is 261 g/mol. The summed E-state index contributed by atoms with van der Waals surface area (Å²) in [6.07, 6.45) is 3.55. The van der Waals surface area contributed by atoms with Gasteiger partial charge >= 0.3 is 0 Å². The number of halogens is 1. The molecule has 0 saturated heterocycles. The fourth-order valence-electron chi connectivity index (χ4n) is 2.80. The number of nitriles is 1. The van der Waals surface area contributed by atoms with Crippen LogP contribution in [0.3, 0.4) is 0 Å². The lowest BCUT2D eigenvalue weighted by molar-refractivity contribution is 0.0683. The molecular formula is C15H20FN3. The molecule has 0 atom stereocenters. The number of anilines is 1. The summed E-state index contributed by atoms with van der Waals surface area (Å²) in [5, 5.41) is 9.10. The zero-order valence-electron chi connectivity index (χ0n) is 11.8. The van der Waals surface area contributed by atoms with Crippen LogP contribution in [-0.2, 0) is 0 Å². The van der Waals surface area contributed by atoms with E-state index in [1.165, 1.54) is 12.5 Å². The maximum absolute atomic E-state index is 13.6. The Morgan fingerprint density at radius 2 is 2.00 bits per heavy atom. The van der Waals surface area contributed by atoms with Crippen molar-refractivity contribution in [3.63, 3.8) is 0 Å². The molecule has 19 heavy (non-hydrogen) atoms. The van der Waals surface area contributed by atoms with Crippen molar-refractivity contribution < 1.29 is 4.39 Å². The molecule has 0 unspecified atom stereocenters.